The first-order chi connectivity index (χ1) is 15.8. The lowest BCUT2D eigenvalue weighted by Gasteiger charge is -2.24. The summed E-state index contributed by atoms with van der Waals surface area (Å²) < 4.78 is 23.8. The van der Waals surface area contributed by atoms with Crippen LogP contribution in [-0.4, -0.2) is 24.6 Å². The van der Waals surface area contributed by atoms with Gasteiger partial charge in [-0.2, -0.15) is 0 Å². The molecular weight excluding hydrogens is 483 g/mol. The van der Waals surface area contributed by atoms with E-state index in [1.54, 1.807) is 36.4 Å². The second-order valence-electron chi connectivity index (χ2n) is 7.13. The lowest BCUT2D eigenvalue weighted by Crippen LogP contribution is -2.29. The standard InChI is InChI=1S/C23H18Cl2N4O3S/c1-14(15-5-7-16(24)8-6-15)28-23(30)18-10-9-17(25)13-21(18)29(33(31)32)20-4-2-3-19-22(20)27-12-11-26-19/h2-14H,1H3,(H,28,30)(H,31,32). The second kappa shape index (κ2) is 9.84. The molecular formula is C23H18Cl2N4O3S. The van der Waals surface area contributed by atoms with Gasteiger partial charge in [-0.05, 0) is 55.0 Å². The third kappa shape index (κ3) is 4.99. The minimum Gasteiger partial charge on any atom is -0.345 e. The lowest BCUT2D eigenvalue weighted by atomic mass is 10.1. The average Bonchev–Trinajstić information content (AvgIpc) is 2.79. The number of hydrogen-bond donors (Lipinski definition) is 2. The number of carbonyl (C=O) groups excluding carboxylic acids is 1. The van der Waals surface area contributed by atoms with E-state index in [9.17, 15) is 13.6 Å². The number of nitrogens with zero attached hydrogens (tertiary/aromatic N) is 3. The number of amides is 1. The van der Waals surface area contributed by atoms with Crippen molar-refractivity contribution in [3.8, 4) is 0 Å². The van der Waals surface area contributed by atoms with Gasteiger partial charge < -0.3 is 5.32 Å². The largest absolute Gasteiger partial charge is 0.345 e. The molecule has 4 rings (SSSR count). The second-order valence-corrected chi connectivity index (χ2v) is 8.83. The zero-order chi connectivity index (χ0) is 23.5. The third-order valence-corrected chi connectivity index (χ3v) is 6.19. The van der Waals surface area contributed by atoms with Gasteiger partial charge in [0.05, 0.1) is 28.5 Å². The fourth-order valence-corrected chi connectivity index (χ4v) is 4.34. The summed E-state index contributed by atoms with van der Waals surface area (Å²) in [4.78, 5) is 21.8. The molecule has 0 bridgehead atoms. The van der Waals surface area contributed by atoms with E-state index in [0.717, 1.165) is 9.87 Å². The Morgan fingerprint density at radius 3 is 2.42 bits per heavy atom. The maximum Gasteiger partial charge on any atom is 0.266 e. The van der Waals surface area contributed by atoms with Crippen LogP contribution in [0.5, 0.6) is 0 Å². The van der Waals surface area contributed by atoms with Crippen molar-refractivity contribution in [1.29, 1.82) is 0 Å². The number of benzene rings is 3. The first kappa shape index (κ1) is 23.1. The van der Waals surface area contributed by atoms with E-state index < -0.39 is 17.2 Å². The number of hydrogen-bond acceptors (Lipinski definition) is 4. The van der Waals surface area contributed by atoms with Crippen LogP contribution in [0.25, 0.3) is 11.0 Å². The summed E-state index contributed by atoms with van der Waals surface area (Å²) in [5.74, 6) is -0.439. The summed E-state index contributed by atoms with van der Waals surface area (Å²) in [5.41, 5.74) is 2.43. The Morgan fingerprint density at radius 2 is 1.70 bits per heavy atom. The van der Waals surface area contributed by atoms with Gasteiger partial charge in [-0.1, -0.05) is 41.4 Å². The van der Waals surface area contributed by atoms with Crippen LogP contribution in [0.3, 0.4) is 0 Å². The van der Waals surface area contributed by atoms with E-state index >= 15 is 0 Å². The predicted octanol–water partition coefficient (Wildman–Crippen LogP) is 5.70. The van der Waals surface area contributed by atoms with E-state index in [-0.39, 0.29) is 17.3 Å². The molecule has 1 aromatic heterocycles. The quantitative estimate of drug-likeness (QED) is 0.331. The number of anilines is 2. The van der Waals surface area contributed by atoms with Crippen molar-refractivity contribution >= 4 is 62.8 Å². The number of carbonyl (C=O) groups is 1. The summed E-state index contributed by atoms with van der Waals surface area (Å²) >= 11 is 9.63. The minimum atomic E-state index is -2.54. The number of halogens is 2. The molecule has 0 aliphatic carbocycles. The Hall–Kier alpha value is -3.04. The average molecular weight is 501 g/mol. The molecule has 33 heavy (non-hydrogen) atoms. The van der Waals surface area contributed by atoms with Crippen LogP contribution in [0.15, 0.2) is 73.1 Å². The van der Waals surface area contributed by atoms with E-state index in [1.165, 1.54) is 24.5 Å². The highest BCUT2D eigenvalue weighted by atomic mass is 35.5. The molecule has 2 unspecified atom stereocenters. The number of fused-ring (bicyclic) bond motifs is 1. The van der Waals surface area contributed by atoms with Gasteiger partial charge >= 0.3 is 0 Å². The van der Waals surface area contributed by atoms with Crippen LogP contribution in [0.1, 0.15) is 28.9 Å². The summed E-state index contributed by atoms with van der Waals surface area (Å²) in [6.45, 7) is 1.83. The predicted molar refractivity (Wildman–Crippen MR) is 131 cm³/mol. The highest BCUT2D eigenvalue weighted by molar-refractivity contribution is 7.81. The van der Waals surface area contributed by atoms with Crippen molar-refractivity contribution < 1.29 is 13.6 Å². The molecule has 1 amide bonds. The van der Waals surface area contributed by atoms with Crippen molar-refractivity contribution in [3.05, 3.63) is 94.2 Å². The van der Waals surface area contributed by atoms with Crippen molar-refractivity contribution in [2.24, 2.45) is 0 Å². The van der Waals surface area contributed by atoms with Crippen LogP contribution in [0.2, 0.25) is 10.0 Å². The normalized spacial score (nSPS) is 12.8. The van der Waals surface area contributed by atoms with E-state index in [4.69, 9.17) is 23.2 Å². The van der Waals surface area contributed by atoms with Crippen molar-refractivity contribution in [2.45, 2.75) is 13.0 Å². The fourth-order valence-electron chi connectivity index (χ4n) is 3.41. The molecule has 2 atom stereocenters. The van der Waals surface area contributed by atoms with Gasteiger partial charge in [0, 0.05) is 22.4 Å². The van der Waals surface area contributed by atoms with E-state index in [0.29, 0.717) is 26.8 Å². The molecule has 10 heteroatoms. The molecule has 1 heterocycles. The summed E-state index contributed by atoms with van der Waals surface area (Å²) in [7, 11) is 0. The molecule has 0 radical (unpaired) electrons. The summed E-state index contributed by atoms with van der Waals surface area (Å²) in [6.07, 6.45) is 3.02. The smallest absolute Gasteiger partial charge is 0.266 e. The molecule has 0 spiro atoms. The molecule has 4 aromatic rings. The molecule has 7 nitrogen and oxygen atoms in total. The topological polar surface area (TPSA) is 95.4 Å². The first-order valence-electron chi connectivity index (χ1n) is 9.82. The monoisotopic (exact) mass is 500 g/mol. The van der Waals surface area contributed by atoms with Crippen LogP contribution < -0.4 is 9.62 Å². The van der Waals surface area contributed by atoms with Crippen LogP contribution in [0, 0.1) is 0 Å². The Morgan fingerprint density at radius 1 is 1.00 bits per heavy atom. The van der Waals surface area contributed by atoms with Gasteiger partial charge in [-0.15, -0.1) is 0 Å². The van der Waals surface area contributed by atoms with Gasteiger partial charge in [0.2, 0.25) is 0 Å². The number of para-hydroxylation sites is 1. The van der Waals surface area contributed by atoms with Gasteiger partial charge in [-0.3, -0.25) is 19.3 Å². The van der Waals surface area contributed by atoms with Crippen LogP contribution in [-0.2, 0) is 11.3 Å². The van der Waals surface area contributed by atoms with Gasteiger partial charge in [0.25, 0.3) is 17.2 Å². The van der Waals surface area contributed by atoms with Crippen molar-refractivity contribution in [2.75, 3.05) is 4.31 Å². The number of rotatable bonds is 6. The first-order valence-corrected chi connectivity index (χ1v) is 11.6. The van der Waals surface area contributed by atoms with E-state index in [2.05, 4.69) is 15.3 Å². The van der Waals surface area contributed by atoms with Gasteiger partial charge in [0.15, 0.2) is 0 Å². The Bertz CT molecular complexity index is 1350. The minimum absolute atomic E-state index is 0.155. The van der Waals surface area contributed by atoms with Crippen molar-refractivity contribution in [1.82, 2.24) is 15.3 Å². The van der Waals surface area contributed by atoms with Crippen molar-refractivity contribution in [3.63, 3.8) is 0 Å². The summed E-state index contributed by atoms with van der Waals surface area (Å²) in [6, 6.07) is 16.4. The third-order valence-electron chi connectivity index (χ3n) is 4.99. The summed E-state index contributed by atoms with van der Waals surface area (Å²) in [5, 5.41) is 3.81. The van der Waals surface area contributed by atoms with Crippen LogP contribution in [0.4, 0.5) is 11.4 Å². The Kier molecular flexibility index (Phi) is 6.90. The zero-order valence-electron chi connectivity index (χ0n) is 17.3. The molecule has 2 N–H and O–H groups in total. The Labute approximate surface area is 202 Å². The molecule has 0 saturated carbocycles. The number of nitrogens with one attached hydrogen (secondary N) is 1. The van der Waals surface area contributed by atoms with Crippen LogP contribution >= 0.6 is 23.2 Å². The molecule has 168 valence electrons. The SMILES string of the molecule is CC(NC(=O)c1ccc(Cl)cc1N(c1cccc2nccnc12)S(=O)O)c1ccc(Cl)cc1. The van der Waals surface area contributed by atoms with E-state index in [1.807, 2.05) is 19.1 Å². The van der Waals surface area contributed by atoms with Gasteiger partial charge in [0.1, 0.15) is 5.52 Å². The maximum atomic E-state index is 13.2. The molecule has 0 aliphatic rings. The maximum absolute atomic E-state index is 13.2. The highest BCUT2D eigenvalue weighted by Crippen LogP contribution is 2.35. The molecule has 0 saturated heterocycles. The molecule has 0 aliphatic heterocycles. The zero-order valence-corrected chi connectivity index (χ0v) is 19.6. The molecule has 0 fully saturated rings. The Balaban J connectivity index is 1.77. The number of aromatic nitrogens is 2. The fraction of sp³-hybridized carbons (Fsp3) is 0.0870. The van der Waals surface area contributed by atoms with Gasteiger partial charge in [-0.25, -0.2) is 8.51 Å². The molecule has 3 aromatic carbocycles. The lowest BCUT2D eigenvalue weighted by molar-refractivity contribution is 0.0940. The highest BCUT2D eigenvalue weighted by Gasteiger charge is 2.25.